The third-order valence-electron chi connectivity index (χ3n) is 12.5. The number of pyridine rings is 2. The molecule has 342 valence electrons. The first-order valence-electron chi connectivity index (χ1n) is 21.4. The van der Waals surface area contributed by atoms with Gasteiger partial charge in [-0.05, 0) is 73.3 Å². The topological polar surface area (TPSA) is 271 Å². The van der Waals surface area contributed by atoms with Crippen LogP contribution in [0.5, 0.6) is 0 Å². The van der Waals surface area contributed by atoms with Crippen molar-refractivity contribution in [3.8, 4) is 11.4 Å². The maximum atomic E-state index is 15.4. The van der Waals surface area contributed by atoms with Crippen LogP contribution in [0.15, 0.2) is 47.3 Å². The number of nitrogens with zero attached hydrogens (tertiary/aromatic N) is 2. The molecule has 2 aromatic carbocycles. The molecule has 20 heteroatoms. The van der Waals surface area contributed by atoms with Crippen molar-refractivity contribution >= 4 is 46.4 Å². The SMILES string of the molecule is CC[C@@]1(O)C(=O)OCc2c1cc1n(c2=O)Cc2c-1nc1cc(F)c(C)c3c1c2[C@@H](NC(=O)[C@H](OCNC(=O)CONC(=O)[C@H](Cc1ccccc1)NC(=O)CNC(=O)CN)C1CC1)CC3. The fraction of sp³-hybridized carbons (Fsp3) is 0.422. The van der Waals surface area contributed by atoms with Crippen LogP contribution in [0, 0.1) is 18.7 Å². The molecule has 65 heavy (non-hydrogen) atoms. The molecular weight excluding hydrogens is 848 g/mol. The molecule has 1 saturated carbocycles. The zero-order valence-electron chi connectivity index (χ0n) is 35.7. The summed E-state index contributed by atoms with van der Waals surface area (Å²) in [6, 6.07) is 10.0. The molecule has 5 amide bonds. The van der Waals surface area contributed by atoms with Gasteiger partial charge in [-0.15, -0.1) is 0 Å². The molecule has 2 aliphatic carbocycles. The smallest absolute Gasteiger partial charge is 0.343 e. The van der Waals surface area contributed by atoms with Crippen molar-refractivity contribution in [3.63, 3.8) is 0 Å². The molecule has 4 aromatic rings. The van der Waals surface area contributed by atoms with E-state index in [2.05, 4.69) is 26.7 Å². The van der Waals surface area contributed by atoms with Gasteiger partial charge < -0.3 is 46.1 Å². The Balaban J connectivity index is 0.935. The summed E-state index contributed by atoms with van der Waals surface area (Å²) in [5.41, 5.74) is 9.58. The van der Waals surface area contributed by atoms with Gasteiger partial charge in [-0.3, -0.25) is 33.6 Å². The molecule has 2 aliphatic heterocycles. The number of ether oxygens (including phenoxy) is 2. The van der Waals surface area contributed by atoms with Gasteiger partial charge in [0.05, 0.1) is 48.1 Å². The number of aliphatic hydroxyl groups is 1. The summed E-state index contributed by atoms with van der Waals surface area (Å²) in [6.45, 7) is 1.36. The highest BCUT2D eigenvalue weighted by Gasteiger charge is 2.46. The molecule has 2 aromatic heterocycles. The summed E-state index contributed by atoms with van der Waals surface area (Å²) in [4.78, 5) is 101. The number of cyclic esters (lactones) is 1. The Kier molecular flexibility index (Phi) is 12.8. The fourth-order valence-corrected chi connectivity index (χ4v) is 8.84. The van der Waals surface area contributed by atoms with Crippen molar-refractivity contribution in [2.24, 2.45) is 11.7 Å². The standard InChI is InChI=1S/C45H49FN8O11/c1-3-45(62)28-14-33-39-26(18-54(33)43(60)27(28)19-63-44(45)61)38-30(12-11-25-22(2)29(46)15-31(51-39)37(25)38)52-42(59)40(24-9-10-24)64-21-49-36(57)20-65-53-41(58)32(13-23-7-5-4-6-8-23)50-35(56)17-48-34(55)16-47/h4-8,14-15,24,30,32,40,62H,3,9-13,16-21,47H2,1-2H3,(H,48,55)(H,49,57)(H,50,56)(H,52,59)(H,53,58)/t30-,32-,40+,45-/m0/s1. The lowest BCUT2D eigenvalue weighted by Crippen LogP contribution is -2.51. The molecule has 8 N–H and O–H groups in total. The van der Waals surface area contributed by atoms with Crippen LogP contribution in [-0.2, 0) is 74.7 Å². The third-order valence-corrected chi connectivity index (χ3v) is 12.5. The number of hydroxylamine groups is 1. The minimum absolute atomic E-state index is 0.0356. The van der Waals surface area contributed by atoms with E-state index in [0.717, 1.165) is 11.1 Å². The number of hydrogen-bond donors (Lipinski definition) is 7. The van der Waals surface area contributed by atoms with Crippen LogP contribution in [0.25, 0.3) is 22.3 Å². The summed E-state index contributed by atoms with van der Waals surface area (Å²) in [7, 11) is 0. The van der Waals surface area contributed by atoms with Gasteiger partial charge in [0.15, 0.2) is 12.2 Å². The molecule has 19 nitrogen and oxygen atoms in total. The largest absolute Gasteiger partial charge is 0.458 e. The average molecular weight is 897 g/mol. The van der Waals surface area contributed by atoms with Gasteiger partial charge in [-0.25, -0.2) is 19.6 Å². The maximum Gasteiger partial charge on any atom is 0.343 e. The quantitative estimate of drug-likeness (QED) is 0.0378. The van der Waals surface area contributed by atoms with Crippen LogP contribution >= 0.6 is 0 Å². The molecule has 4 aliphatic rings. The molecule has 4 heterocycles. The number of nitrogens with two attached hydrogens (primary N) is 1. The zero-order chi connectivity index (χ0) is 46.2. The number of esters is 1. The van der Waals surface area contributed by atoms with E-state index >= 15 is 4.39 Å². The van der Waals surface area contributed by atoms with Gasteiger partial charge in [0.1, 0.15) is 31.3 Å². The number of aryl methyl sites for hydroxylation is 1. The van der Waals surface area contributed by atoms with Gasteiger partial charge in [-0.2, -0.15) is 0 Å². The molecule has 0 radical (unpaired) electrons. The lowest BCUT2D eigenvalue weighted by Gasteiger charge is -2.31. The summed E-state index contributed by atoms with van der Waals surface area (Å²) < 4.78 is 28.1. The molecule has 0 saturated heterocycles. The zero-order valence-corrected chi connectivity index (χ0v) is 35.7. The molecule has 4 atom stereocenters. The van der Waals surface area contributed by atoms with E-state index in [1.807, 2.05) is 0 Å². The van der Waals surface area contributed by atoms with Crippen LogP contribution in [0.1, 0.15) is 77.6 Å². The number of amides is 5. The summed E-state index contributed by atoms with van der Waals surface area (Å²) in [6.07, 6.45) is 1.33. The lowest BCUT2D eigenvalue weighted by molar-refractivity contribution is -0.172. The fourth-order valence-electron chi connectivity index (χ4n) is 8.84. The van der Waals surface area contributed by atoms with Crippen molar-refractivity contribution in [2.75, 3.05) is 26.4 Å². The average Bonchev–Trinajstić information content (AvgIpc) is 4.07. The van der Waals surface area contributed by atoms with Crippen LogP contribution in [-0.4, -0.2) is 88.7 Å². The lowest BCUT2D eigenvalue weighted by atomic mass is 9.81. The molecule has 0 bridgehead atoms. The van der Waals surface area contributed by atoms with E-state index in [1.54, 1.807) is 50.2 Å². The highest BCUT2D eigenvalue weighted by molar-refractivity contribution is 5.94. The van der Waals surface area contributed by atoms with Crippen molar-refractivity contribution < 1.29 is 52.6 Å². The van der Waals surface area contributed by atoms with Gasteiger partial charge in [-0.1, -0.05) is 37.3 Å². The third kappa shape index (κ3) is 8.93. The monoisotopic (exact) mass is 896 g/mol. The predicted octanol–water partition coefficient (Wildman–Crippen LogP) is 0.350. The van der Waals surface area contributed by atoms with Crippen LogP contribution < -0.4 is 38.0 Å². The van der Waals surface area contributed by atoms with Crippen molar-refractivity contribution in [1.29, 1.82) is 0 Å². The number of carbonyl (C=O) groups excluding carboxylic acids is 6. The van der Waals surface area contributed by atoms with E-state index in [9.17, 15) is 38.7 Å². The number of halogens is 1. The summed E-state index contributed by atoms with van der Waals surface area (Å²) in [5.74, 6) is -4.50. The first-order valence-corrected chi connectivity index (χ1v) is 21.4. The van der Waals surface area contributed by atoms with Crippen LogP contribution in [0.2, 0.25) is 0 Å². The minimum Gasteiger partial charge on any atom is -0.458 e. The van der Waals surface area contributed by atoms with Crippen molar-refractivity contribution in [2.45, 2.75) is 89.3 Å². The molecule has 0 unspecified atom stereocenters. The van der Waals surface area contributed by atoms with E-state index in [-0.39, 0.29) is 56.3 Å². The Bertz CT molecular complexity index is 2670. The highest BCUT2D eigenvalue weighted by atomic mass is 19.1. The van der Waals surface area contributed by atoms with Gasteiger partial charge in [0.2, 0.25) is 17.7 Å². The number of nitrogens with one attached hydrogen (secondary N) is 5. The number of rotatable bonds is 17. The maximum absolute atomic E-state index is 15.4. The Labute approximate surface area is 370 Å². The van der Waals surface area contributed by atoms with Gasteiger partial charge >= 0.3 is 5.97 Å². The Morgan fingerprint density at radius 3 is 2.51 bits per heavy atom. The van der Waals surface area contributed by atoms with Crippen LogP contribution in [0.3, 0.4) is 0 Å². The minimum atomic E-state index is -2.04. The first kappa shape index (κ1) is 45.0. The molecule has 8 rings (SSSR count). The van der Waals surface area contributed by atoms with Crippen molar-refractivity contribution in [3.05, 3.63) is 97.6 Å². The predicted molar refractivity (Wildman–Crippen MR) is 227 cm³/mol. The number of carbonyl (C=O) groups is 6. The Morgan fingerprint density at radius 2 is 1.78 bits per heavy atom. The molecule has 1 fully saturated rings. The van der Waals surface area contributed by atoms with E-state index in [4.69, 9.17) is 25.0 Å². The van der Waals surface area contributed by atoms with Crippen molar-refractivity contribution in [1.82, 2.24) is 36.3 Å². The summed E-state index contributed by atoms with van der Waals surface area (Å²) >= 11 is 0. The second kappa shape index (κ2) is 18.5. The van der Waals surface area contributed by atoms with E-state index < -0.39 is 83.8 Å². The normalized spacial score (nSPS) is 18.9. The first-order chi connectivity index (χ1) is 31.2. The Hall–Kier alpha value is -6.61. The molecular formula is C45H49FN8O11. The van der Waals surface area contributed by atoms with E-state index in [0.29, 0.717) is 64.7 Å². The highest BCUT2D eigenvalue weighted by Crippen LogP contribution is 2.46. The number of benzene rings is 2. The van der Waals surface area contributed by atoms with Gasteiger partial charge in [0, 0.05) is 29.0 Å². The van der Waals surface area contributed by atoms with Crippen LogP contribution in [0.4, 0.5) is 4.39 Å². The molecule has 0 spiro atoms. The van der Waals surface area contributed by atoms with E-state index in [1.165, 1.54) is 10.6 Å². The summed E-state index contributed by atoms with van der Waals surface area (Å²) in [5, 5.41) is 22.6. The second-order valence-electron chi connectivity index (χ2n) is 16.6. The number of hydrogen-bond acceptors (Lipinski definition) is 13. The second-order valence-corrected chi connectivity index (χ2v) is 16.6. The number of aromatic nitrogens is 2. The number of fused-ring (bicyclic) bond motifs is 5. The Morgan fingerprint density at radius 1 is 1.02 bits per heavy atom. The van der Waals surface area contributed by atoms with Gasteiger partial charge in [0.25, 0.3) is 17.4 Å².